The van der Waals surface area contributed by atoms with Gasteiger partial charge < -0.3 is 5.11 Å². The molecule has 2 heteroatoms. The van der Waals surface area contributed by atoms with Crippen LogP contribution in [0.3, 0.4) is 0 Å². The Hall–Kier alpha value is -0.630. The summed E-state index contributed by atoms with van der Waals surface area (Å²) in [5.41, 5.74) is 1.38. The molecule has 0 radical (unpaired) electrons. The van der Waals surface area contributed by atoms with E-state index in [1.807, 2.05) is 6.92 Å². The summed E-state index contributed by atoms with van der Waals surface area (Å²) in [7, 11) is 0. The second-order valence-electron chi connectivity index (χ2n) is 3.51. The summed E-state index contributed by atoms with van der Waals surface area (Å²) in [5.74, 6) is -0.171. The van der Waals surface area contributed by atoms with Crippen molar-refractivity contribution >= 4 is 5.78 Å². The standard InChI is InChI=1S/C6H12O2.C5H10/c1-4(5(2)7)6(3)8;1-4-5(2)3/h4-5,7H,1-3H3;4H,1-3H3. The average Bonchev–Trinajstić information content (AvgIpc) is 2.03. The van der Waals surface area contributed by atoms with Crippen LogP contribution in [0.5, 0.6) is 0 Å². The topological polar surface area (TPSA) is 37.3 Å². The zero-order valence-electron chi connectivity index (χ0n) is 9.59. The minimum atomic E-state index is -0.507. The van der Waals surface area contributed by atoms with Crippen molar-refractivity contribution in [2.45, 2.75) is 47.6 Å². The molecular weight excluding hydrogens is 164 g/mol. The van der Waals surface area contributed by atoms with Crippen molar-refractivity contribution in [1.29, 1.82) is 0 Å². The molecule has 0 aromatic carbocycles. The lowest BCUT2D eigenvalue weighted by Crippen LogP contribution is -2.19. The summed E-state index contributed by atoms with van der Waals surface area (Å²) < 4.78 is 0. The van der Waals surface area contributed by atoms with Crippen LogP contribution in [0.25, 0.3) is 0 Å². The molecule has 0 fully saturated rings. The molecule has 0 aromatic rings. The molecule has 0 aliphatic rings. The zero-order valence-corrected chi connectivity index (χ0v) is 9.59. The molecule has 0 spiro atoms. The van der Waals surface area contributed by atoms with E-state index in [0.29, 0.717) is 0 Å². The Morgan fingerprint density at radius 3 is 1.54 bits per heavy atom. The van der Waals surface area contributed by atoms with Gasteiger partial charge in [-0.25, -0.2) is 0 Å². The molecule has 0 aliphatic heterocycles. The molecule has 0 rings (SSSR count). The van der Waals surface area contributed by atoms with E-state index in [-0.39, 0.29) is 11.7 Å². The van der Waals surface area contributed by atoms with Crippen molar-refractivity contribution in [2.24, 2.45) is 5.92 Å². The van der Waals surface area contributed by atoms with Crippen molar-refractivity contribution in [3.05, 3.63) is 11.6 Å². The highest BCUT2D eigenvalue weighted by molar-refractivity contribution is 5.78. The van der Waals surface area contributed by atoms with Crippen LogP contribution < -0.4 is 0 Å². The first-order valence-electron chi connectivity index (χ1n) is 4.61. The Labute approximate surface area is 81.7 Å². The van der Waals surface area contributed by atoms with Gasteiger partial charge >= 0.3 is 0 Å². The number of ketones is 1. The van der Waals surface area contributed by atoms with E-state index in [0.717, 1.165) is 0 Å². The van der Waals surface area contributed by atoms with E-state index in [1.54, 1.807) is 13.8 Å². The van der Waals surface area contributed by atoms with Gasteiger partial charge in [-0.05, 0) is 34.6 Å². The third-order valence-electron chi connectivity index (χ3n) is 1.94. The van der Waals surface area contributed by atoms with E-state index in [2.05, 4.69) is 19.9 Å². The Morgan fingerprint density at radius 1 is 1.23 bits per heavy atom. The Morgan fingerprint density at radius 2 is 1.54 bits per heavy atom. The van der Waals surface area contributed by atoms with Crippen molar-refractivity contribution in [3.8, 4) is 0 Å². The van der Waals surface area contributed by atoms with Gasteiger partial charge in [-0.1, -0.05) is 18.6 Å². The molecule has 13 heavy (non-hydrogen) atoms. The van der Waals surface area contributed by atoms with Crippen LogP contribution in [0.2, 0.25) is 0 Å². The number of carbonyl (C=O) groups is 1. The third-order valence-corrected chi connectivity index (χ3v) is 1.94. The Kier molecular flexibility index (Phi) is 9.14. The van der Waals surface area contributed by atoms with Crippen LogP contribution in [-0.2, 0) is 4.79 Å². The lowest BCUT2D eigenvalue weighted by atomic mass is 10.0. The summed E-state index contributed by atoms with van der Waals surface area (Å²) in [5, 5.41) is 8.77. The van der Waals surface area contributed by atoms with Crippen molar-refractivity contribution in [1.82, 2.24) is 0 Å². The predicted molar refractivity (Wildman–Crippen MR) is 56.6 cm³/mol. The molecule has 0 aliphatic carbocycles. The predicted octanol–water partition coefficient (Wildman–Crippen LogP) is 2.56. The van der Waals surface area contributed by atoms with E-state index >= 15 is 0 Å². The summed E-state index contributed by atoms with van der Waals surface area (Å²) >= 11 is 0. The van der Waals surface area contributed by atoms with Gasteiger partial charge in [-0.15, -0.1) is 0 Å². The molecule has 0 saturated carbocycles. The monoisotopic (exact) mass is 186 g/mol. The fourth-order valence-corrected chi connectivity index (χ4v) is 0.340. The van der Waals surface area contributed by atoms with Gasteiger partial charge in [0, 0.05) is 5.92 Å². The number of aliphatic hydroxyl groups excluding tert-OH is 1. The number of Topliss-reactive ketones (excluding diaryl/α,β-unsaturated/α-hetero) is 1. The van der Waals surface area contributed by atoms with Crippen LogP contribution in [0.15, 0.2) is 11.6 Å². The van der Waals surface area contributed by atoms with Crippen molar-refractivity contribution < 1.29 is 9.90 Å². The molecule has 0 bridgehead atoms. The highest BCUT2D eigenvalue weighted by Crippen LogP contribution is 2.01. The van der Waals surface area contributed by atoms with Gasteiger partial charge in [-0.3, -0.25) is 4.79 Å². The maximum absolute atomic E-state index is 10.4. The van der Waals surface area contributed by atoms with Gasteiger partial charge in [0.2, 0.25) is 0 Å². The van der Waals surface area contributed by atoms with Gasteiger partial charge in [0.15, 0.2) is 0 Å². The van der Waals surface area contributed by atoms with Gasteiger partial charge in [0.1, 0.15) is 5.78 Å². The number of allylic oxidation sites excluding steroid dienone is 2. The molecule has 1 N–H and O–H groups in total. The van der Waals surface area contributed by atoms with Crippen LogP contribution in [0, 0.1) is 5.92 Å². The highest BCUT2D eigenvalue weighted by Gasteiger charge is 2.12. The average molecular weight is 186 g/mol. The Bertz CT molecular complexity index is 165. The molecule has 2 unspecified atom stereocenters. The van der Waals surface area contributed by atoms with Crippen LogP contribution in [-0.4, -0.2) is 17.0 Å². The summed E-state index contributed by atoms with van der Waals surface area (Å²) in [6.07, 6.45) is 1.58. The first-order valence-corrected chi connectivity index (χ1v) is 4.61. The molecular formula is C11H22O2. The molecule has 0 heterocycles. The fourth-order valence-electron chi connectivity index (χ4n) is 0.340. The number of hydrogen-bond acceptors (Lipinski definition) is 2. The number of aliphatic hydroxyl groups is 1. The van der Waals surface area contributed by atoms with E-state index < -0.39 is 6.10 Å². The molecule has 2 nitrogen and oxygen atoms in total. The maximum Gasteiger partial charge on any atom is 0.135 e. The van der Waals surface area contributed by atoms with Crippen molar-refractivity contribution in [3.63, 3.8) is 0 Å². The molecule has 0 aromatic heterocycles. The summed E-state index contributed by atoms with van der Waals surface area (Å²) in [4.78, 5) is 10.4. The molecule has 0 saturated heterocycles. The number of hydrogen-bond donors (Lipinski definition) is 1. The SMILES string of the molecule is CC(=O)C(C)C(C)O.CC=C(C)C. The van der Waals surface area contributed by atoms with E-state index in [9.17, 15) is 4.79 Å². The first-order chi connectivity index (χ1) is 5.82. The third kappa shape index (κ3) is 11.4. The number of carbonyl (C=O) groups excluding carboxylic acids is 1. The van der Waals surface area contributed by atoms with Crippen LogP contribution in [0.4, 0.5) is 0 Å². The van der Waals surface area contributed by atoms with E-state index in [1.165, 1.54) is 12.5 Å². The van der Waals surface area contributed by atoms with Crippen LogP contribution >= 0.6 is 0 Å². The highest BCUT2D eigenvalue weighted by atomic mass is 16.3. The largest absolute Gasteiger partial charge is 0.393 e. The zero-order chi connectivity index (χ0) is 11.0. The number of rotatable bonds is 2. The second-order valence-corrected chi connectivity index (χ2v) is 3.51. The Balaban J connectivity index is 0. The van der Waals surface area contributed by atoms with Gasteiger partial charge in [-0.2, -0.15) is 0 Å². The minimum absolute atomic E-state index is 0.0417. The summed E-state index contributed by atoms with van der Waals surface area (Å²) in [6, 6.07) is 0. The molecule has 78 valence electrons. The van der Waals surface area contributed by atoms with Gasteiger partial charge in [0.05, 0.1) is 6.10 Å². The quantitative estimate of drug-likeness (QED) is 0.673. The summed E-state index contributed by atoms with van der Waals surface area (Å²) in [6.45, 7) is 11.0. The fraction of sp³-hybridized carbons (Fsp3) is 0.727. The molecule has 2 atom stereocenters. The minimum Gasteiger partial charge on any atom is -0.393 e. The van der Waals surface area contributed by atoms with Gasteiger partial charge in [0.25, 0.3) is 0 Å². The second kappa shape index (κ2) is 7.99. The lowest BCUT2D eigenvalue weighted by molar-refractivity contribution is -0.123. The van der Waals surface area contributed by atoms with Crippen molar-refractivity contribution in [2.75, 3.05) is 0 Å². The normalized spacial score (nSPS) is 13.5. The first kappa shape index (κ1) is 14.9. The smallest absolute Gasteiger partial charge is 0.135 e. The van der Waals surface area contributed by atoms with Crippen LogP contribution in [0.1, 0.15) is 41.5 Å². The van der Waals surface area contributed by atoms with E-state index in [4.69, 9.17) is 5.11 Å². The lowest BCUT2D eigenvalue weighted by Gasteiger charge is -2.08. The maximum atomic E-state index is 10.4. The molecule has 0 amide bonds.